The van der Waals surface area contributed by atoms with Gasteiger partial charge < -0.3 is 4.90 Å². The predicted molar refractivity (Wildman–Crippen MR) is 278 cm³/mol. The van der Waals surface area contributed by atoms with Crippen LogP contribution in [-0.2, 0) is 5.41 Å². The normalized spacial score (nSPS) is 12.4. The first-order valence-electron chi connectivity index (χ1n) is 22.8. The van der Waals surface area contributed by atoms with Crippen molar-refractivity contribution in [2.45, 2.75) is 5.41 Å². The van der Waals surface area contributed by atoms with Crippen molar-refractivity contribution in [3.05, 3.63) is 295 Å². The lowest BCUT2D eigenvalue weighted by Crippen LogP contribution is -2.28. The molecule has 0 unspecified atom stereocenters. The summed E-state index contributed by atoms with van der Waals surface area (Å²) in [6.45, 7) is 0. The van der Waals surface area contributed by atoms with Crippen molar-refractivity contribution in [3.8, 4) is 55.6 Å². The summed E-state index contributed by atoms with van der Waals surface area (Å²) in [5, 5.41) is 2.50. The van der Waals surface area contributed by atoms with E-state index < -0.39 is 5.41 Å². The summed E-state index contributed by atoms with van der Waals surface area (Å²) >= 11 is 0. The Kier molecular flexibility index (Phi) is 9.81. The lowest BCUT2D eigenvalue weighted by molar-refractivity contribution is 0.768. The Morgan fingerprint density at radius 1 is 0.227 bits per heavy atom. The molecule has 0 fully saturated rings. The van der Waals surface area contributed by atoms with E-state index in [0.717, 1.165) is 22.6 Å². The van der Waals surface area contributed by atoms with Crippen molar-refractivity contribution in [1.29, 1.82) is 0 Å². The molecule has 66 heavy (non-hydrogen) atoms. The van der Waals surface area contributed by atoms with E-state index in [4.69, 9.17) is 0 Å². The first-order chi connectivity index (χ1) is 32.7. The molecule has 0 saturated heterocycles. The van der Waals surface area contributed by atoms with Crippen molar-refractivity contribution >= 4 is 27.8 Å². The molecule has 1 nitrogen and oxygen atoms in total. The van der Waals surface area contributed by atoms with Crippen molar-refractivity contribution in [2.75, 3.05) is 4.90 Å². The van der Waals surface area contributed by atoms with Gasteiger partial charge in [0.05, 0.1) is 5.41 Å². The molecule has 0 atom stereocenters. The molecule has 11 aromatic rings. The number of benzene rings is 11. The number of fused-ring (bicyclic) bond motifs is 4. The van der Waals surface area contributed by atoms with E-state index in [1.165, 1.54) is 83.1 Å². The molecule has 0 amide bonds. The molecule has 0 bridgehead atoms. The van der Waals surface area contributed by atoms with Gasteiger partial charge in [-0.15, -0.1) is 0 Å². The maximum atomic E-state index is 2.46. The molecule has 310 valence electrons. The van der Waals surface area contributed by atoms with E-state index >= 15 is 0 Å². The third-order valence-corrected chi connectivity index (χ3v) is 13.5. The molecule has 1 aliphatic rings. The number of hydrogen-bond acceptors (Lipinski definition) is 1. The lowest BCUT2D eigenvalue weighted by Gasteiger charge is -2.35. The van der Waals surface area contributed by atoms with E-state index in [-0.39, 0.29) is 0 Å². The van der Waals surface area contributed by atoms with Crippen LogP contribution in [0.25, 0.3) is 66.4 Å². The minimum absolute atomic E-state index is 0.521. The highest BCUT2D eigenvalue weighted by atomic mass is 15.1. The highest BCUT2D eigenvalue weighted by molar-refractivity contribution is 5.92. The molecular weight excluding hydrogens is 795 g/mol. The van der Waals surface area contributed by atoms with Gasteiger partial charge >= 0.3 is 0 Å². The molecule has 1 aliphatic carbocycles. The molecule has 0 spiro atoms. The molecule has 11 aromatic carbocycles. The number of anilines is 3. The zero-order valence-electron chi connectivity index (χ0n) is 36.4. The van der Waals surface area contributed by atoms with Crippen LogP contribution in [-0.4, -0.2) is 0 Å². The Labute approximate surface area is 387 Å². The van der Waals surface area contributed by atoms with Crippen LogP contribution < -0.4 is 4.90 Å². The van der Waals surface area contributed by atoms with E-state index in [1.54, 1.807) is 0 Å². The van der Waals surface area contributed by atoms with Crippen LogP contribution in [0, 0.1) is 0 Å². The maximum Gasteiger partial charge on any atom is 0.0714 e. The Morgan fingerprint density at radius 2 is 0.712 bits per heavy atom. The first kappa shape index (κ1) is 39.1. The van der Waals surface area contributed by atoms with E-state index in [9.17, 15) is 0 Å². The molecule has 0 radical (unpaired) electrons. The monoisotopic (exact) mass is 839 g/mol. The molecular formula is C65H45N. The zero-order valence-corrected chi connectivity index (χ0v) is 36.4. The van der Waals surface area contributed by atoms with E-state index in [1.807, 2.05) is 0 Å². The summed E-state index contributed by atoms with van der Waals surface area (Å²) in [6, 6.07) is 100. The minimum atomic E-state index is -0.521. The number of nitrogens with zero attached hydrogens (tertiary/aromatic N) is 1. The highest BCUT2D eigenvalue weighted by Gasteiger charge is 2.46. The highest BCUT2D eigenvalue weighted by Crippen LogP contribution is 2.57. The van der Waals surface area contributed by atoms with Crippen LogP contribution in [0.2, 0.25) is 0 Å². The molecule has 12 rings (SSSR count). The fourth-order valence-electron chi connectivity index (χ4n) is 10.5. The Hall–Kier alpha value is -8.52. The van der Waals surface area contributed by atoms with Gasteiger partial charge in [0.1, 0.15) is 0 Å². The molecule has 1 heteroatoms. The standard InChI is InChI=1S/C65H45N/c1-4-19-48(20-5-1)59-30-12-13-31-60(59)53-24-17-29-57(44-53)66(56-38-36-47(37-39-56)50-22-16-23-51(42-50)52-35-34-46-18-10-11-21-49(46)43-52)58-40-41-62-61-32-14-15-33-63(61)65(64(62)45-58,54-25-6-2-7-26-54)55-27-8-3-9-28-55/h1-45H. The second-order valence-corrected chi connectivity index (χ2v) is 17.2. The summed E-state index contributed by atoms with van der Waals surface area (Å²) in [5.41, 5.74) is 19.9. The topological polar surface area (TPSA) is 3.24 Å². The summed E-state index contributed by atoms with van der Waals surface area (Å²) in [7, 11) is 0. The lowest BCUT2D eigenvalue weighted by atomic mass is 9.67. The summed E-state index contributed by atoms with van der Waals surface area (Å²) in [4.78, 5) is 2.44. The second kappa shape index (κ2) is 16.6. The zero-order chi connectivity index (χ0) is 43.9. The van der Waals surface area contributed by atoms with Gasteiger partial charge in [-0.1, -0.05) is 224 Å². The number of hydrogen-bond donors (Lipinski definition) is 0. The average Bonchev–Trinajstić information content (AvgIpc) is 3.70. The molecule has 0 heterocycles. The van der Waals surface area contributed by atoms with Crippen LogP contribution in [0.3, 0.4) is 0 Å². The predicted octanol–water partition coefficient (Wildman–Crippen LogP) is 17.3. The Morgan fingerprint density at radius 3 is 1.44 bits per heavy atom. The summed E-state index contributed by atoms with van der Waals surface area (Å²) < 4.78 is 0. The van der Waals surface area contributed by atoms with Crippen molar-refractivity contribution in [2.24, 2.45) is 0 Å². The molecule has 0 N–H and O–H groups in total. The van der Waals surface area contributed by atoms with Gasteiger partial charge in [-0.3, -0.25) is 0 Å². The van der Waals surface area contributed by atoms with Gasteiger partial charge in [0.2, 0.25) is 0 Å². The minimum Gasteiger partial charge on any atom is -0.310 e. The van der Waals surface area contributed by atoms with Crippen LogP contribution in [0.1, 0.15) is 22.3 Å². The van der Waals surface area contributed by atoms with Gasteiger partial charge in [-0.2, -0.15) is 0 Å². The van der Waals surface area contributed by atoms with Crippen molar-refractivity contribution in [1.82, 2.24) is 0 Å². The third kappa shape index (κ3) is 6.73. The second-order valence-electron chi connectivity index (χ2n) is 17.2. The van der Waals surface area contributed by atoms with Crippen molar-refractivity contribution in [3.63, 3.8) is 0 Å². The largest absolute Gasteiger partial charge is 0.310 e. The summed E-state index contributed by atoms with van der Waals surface area (Å²) in [6.07, 6.45) is 0. The molecule has 0 aliphatic heterocycles. The van der Waals surface area contributed by atoms with Gasteiger partial charge in [0.25, 0.3) is 0 Å². The molecule has 0 saturated carbocycles. The van der Waals surface area contributed by atoms with E-state index in [0.29, 0.717) is 0 Å². The van der Waals surface area contributed by atoms with Crippen LogP contribution >= 0.6 is 0 Å². The Balaban J connectivity index is 1.02. The van der Waals surface area contributed by atoms with Crippen molar-refractivity contribution < 1.29 is 0 Å². The first-order valence-corrected chi connectivity index (χ1v) is 22.8. The fraction of sp³-hybridized carbons (Fsp3) is 0.0154. The Bertz CT molecular complexity index is 3480. The van der Waals surface area contributed by atoms with Gasteiger partial charge in [0.15, 0.2) is 0 Å². The fourth-order valence-corrected chi connectivity index (χ4v) is 10.5. The van der Waals surface area contributed by atoms with Gasteiger partial charge in [-0.05, 0) is 137 Å². The average molecular weight is 840 g/mol. The maximum absolute atomic E-state index is 2.46. The van der Waals surface area contributed by atoms with Crippen LogP contribution in [0.5, 0.6) is 0 Å². The molecule has 0 aromatic heterocycles. The third-order valence-electron chi connectivity index (χ3n) is 13.5. The quantitative estimate of drug-likeness (QED) is 0.140. The number of rotatable bonds is 9. The smallest absolute Gasteiger partial charge is 0.0714 e. The summed E-state index contributed by atoms with van der Waals surface area (Å²) in [5.74, 6) is 0. The SMILES string of the molecule is c1ccc(-c2ccccc2-c2cccc(N(c3ccc(-c4cccc(-c5ccc6ccccc6c5)c4)cc3)c3ccc4c(c3)C(c3ccccc3)(c3ccccc3)c3ccccc3-4)c2)cc1. The van der Waals surface area contributed by atoms with Gasteiger partial charge in [-0.25, -0.2) is 0 Å². The van der Waals surface area contributed by atoms with Gasteiger partial charge in [0, 0.05) is 17.1 Å². The van der Waals surface area contributed by atoms with E-state index in [2.05, 4.69) is 278 Å². The van der Waals surface area contributed by atoms with Crippen LogP contribution in [0.4, 0.5) is 17.1 Å². The van der Waals surface area contributed by atoms with Crippen LogP contribution in [0.15, 0.2) is 273 Å².